The van der Waals surface area contributed by atoms with Crippen LogP contribution >= 0.6 is 23.2 Å². The van der Waals surface area contributed by atoms with Crippen molar-refractivity contribution in [3.63, 3.8) is 0 Å². The number of amides is 2. The van der Waals surface area contributed by atoms with E-state index < -0.39 is 24.0 Å². The number of furan rings is 1. The molecule has 3 heterocycles. The molecule has 0 unspecified atom stereocenters. The lowest BCUT2D eigenvalue weighted by Crippen LogP contribution is -2.37. The van der Waals surface area contributed by atoms with Gasteiger partial charge in [-0.3, -0.25) is 14.4 Å². The third kappa shape index (κ3) is 3.69. The van der Waals surface area contributed by atoms with Gasteiger partial charge >= 0.3 is 0 Å². The van der Waals surface area contributed by atoms with Crippen molar-refractivity contribution in [2.75, 3.05) is 9.96 Å². The first-order valence-electron chi connectivity index (χ1n) is 11.4. The highest BCUT2D eigenvalue weighted by Gasteiger charge is 2.61. The van der Waals surface area contributed by atoms with Crippen LogP contribution in [0.25, 0.3) is 11.3 Å². The zero-order valence-corrected chi connectivity index (χ0v) is 20.6. The minimum absolute atomic E-state index is 0.334. The number of hydrogen-bond acceptors (Lipinski definition) is 5. The number of carbonyl (C=O) groups is 2. The Balaban J connectivity index is 1.42. The number of carbonyl (C=O) groups excluding carboxylic acids is 2. The van der Waals surface area contributed by atoms with Crippen molar-refractivity contribution in [3.8, 4) is 11.3 Å². The fourth-order valence-electron chi connectivity index (χ4n) is 4.80. The van der Waals surface area contributed by atoms with Crippen LogP contribution in [-0.4, -0.2) is 17.9 Å². The molecule has 2 aliphatic heterocycles. The molecular weight excluding hydrogens is 499 g/mol. The van der Waals surface area contributed by atoms with Crippen LogP contribution in [0.2, 0.25) is 10.0 Å². The van der Waals surface area contributed by atoms with Crippen LogP contribution in [0.1, 0.15) is 17.4 Å². The third-order valence-electron chi connectivity index (χ3n) is 6.53. The highest BCUT2D eigenvalue weighted by Crippen LogP contribution is 2.48. The van der Waals surface area contributed by atoms with E-state index in [9.17, 15) is 9.59 Å². The molecule has 0 N–H and O–H groups in total. The van der Waals surface area contributed by atoms with E-state index in [0.29, 0.717) is 38.5 Å². The number of aryl methyl sites for hydroxylation is 1. The van der Waals surface area contributed by atoms with Crippen molar-refractivity contribution in [1.82, 2.24) is 0 Å². The molecule has 1 aromatic heterocycles. The molecule has 2 amide bonds. The lowest BCUT2D eigenvalue weighted by molar-refractivity contribution is -0.126. The Bertz CT molecular complexity index is 1470. The van der Waals surface area contributed by atoms with Gasteiger partial charge in [0.2, 0.25) is 5.91 Å². The Morgan fingerprint density at radius 3 is 2.28 bits per heavy atom. The SMILES string of the molecule is Cc1ccc(N2C(=O)[C@@H]3[C@@H](ON(c4ccccc4)[C@H]3c3ccc(-c4ccc(Cl)cc4Cl)o3)C2=O)cc1. The van der Waals surface area contributed by atoms with Gasteiger partial charge in [-0.25, -0.2) is 9.96 Å². The number of imide groups is 1. The summed E-state index contributed by atoms with van der Waals surface area (Å²) in [7, 11) is 0. The molecule has 3 aromatic carbocycles. The molecule has 2 fully saturated rings. The summed E-state index contributed by atoms with van der Waals surface area (Å²) in [6.07, 6.45) is -0.975. The molecule has 4 aromatic rings. The van der Waals surface area contributed by atoms with Gasteiger partial charge in [-0.05, 0) is 61.5 Å². The smallest absolute Gasteiger partial charge is 0.266 e. The van der Waals surface area contributed by atoms with Gasteiger partial charge in [0.15, 0.2) is 6.10 Å². The summed E-state index contributed by atoms with van der Waals surface area (Å²) in [5, 5.41) is 2.56. The van der Waals surface area contributed by atoms with E-state index in [1.807, 2.05) is 49.4 Å². The maximum Gasteiger partial charge on any atom is 0.266 e. The molecule has 6 nitrogen and oxygen atoms in total. The second kappa shape index (κ2) is 8.82. The number of anilines is 2. The minimum atomic E-state index is -0.975. The maximum absolute atomic E-state index is 13.7. The highest BCUT2D eigenvalue weighted by atomic mass is 35.5. The fraction of sp³-hybridized carbons (Fsp3) is 0.143. The van der Waals surface area contributed by atoms with E-state index in [4.69, 9.17) is 32.5 Å². The third-order valence-corrected chi connectivity index (χ3v) is 7.08. The molecule has 8 heteroatoms. The quantitative estimate of drug-likeness (QED) is 0.284. The van der Waals surface area contributed by atoms with Crippen molar-refractivity contribution >= 4 is 46.4 Å². The number of halogens is 2. The standard InChI is InChI=1S/C28H20Cl2N2O4/c1-16-7-10-18(11-8-16)31-27(33)24-25(32(36-26(24)28(31)34)19-5-3-2-4-6-19)23-14-13-22(35-23)20-12-9-17(29)15-21(20)30/h2-15,24-26H,1H3/t24-,25-,26+/m0/s1. The fourth-order valence-corrected chi connectivity index (χ4v) is 5.30. The molecule has 3 atom stereocenters. The monoisotopic (exact) mass is 518 g/mol. The van der Waals surface area contributed by atoms with Crippen molar-refractivity contribution in [3.05, 3.63) is 106 Å². The molecule has 0 spiro atoms. The second-order valence-corrected chi connectivity index (χ2v) is 9.68. The molecule has 0 aliphatic carbocycles. The first-order chi connectivity index (χ1) is 17.4. The van der Waals surface area contributed by atoms with Gasteiger partial charge in [0.05, 0.1) is 16.4 Å². The van der Waals surface area contributed by atoms with E-state index in [1.54, 1.807) is 47.5 Å². The Kier molecular flexibility index (Phi) is 5.60. The molecule has 2 aliphatic rings. The Morgan fingerprint density at radius 2 is 1.56 bits per heavy atom. The van der Waals surface area contributed by atoms with Crippen LogP contribution in [0.15, 0.2) is 89.3 Å². The predicted octanol–water partition coefficient (Wildman–Crippen LogP) is 6.61. The van der Waals surface area contributed by atoms with Crippen LogP contribution in [0.3, 0.4) is 0 Å². The van der Waals surface area contributed by atoms with Gasteiger partial charge in [0.25, 0.3) is 5.91 Å². The summed E-state index contributed by atoms with van der Waals surface area (Å²) < 4.78 is 6.24. The Morgan fingerprint density at radius 1 is 0.806 bits per heavy atom. The molecule has 36 heavy (non-hydrogen) atoms. The van der Waals surface area contributed by atoms with Crippen LogP contribution in [0, 0.1) is 12.8 Å². The van der Waals surface area contributed by atoms with Gasteiger partial charge in [-0.2, -0.15) is 0 Å². The first kappa shape index (κ1) is 22.9. The van der Waals surface area contributed by atoms with E-state index in [2.05, 4.69) is 0 Å². The van der Waals surface area contributed by atoms with Crippen molar-refractivity contribution in [2.24, 2.45) is 5.92 Å². The van der Waals surface area contributed by atoms with Crippen LogP contribution in [0.4, 0.5) is 11.4 Å². The lowest BCUT2D eigenvalue weighted by atomic mass is 9.94. The van der Waals surface area contributed by atoms with Gasteiger partial charge < -0.3 is 4.42 Å². The van der Waals surface area contributed by atoms with Crippen molar-refractivity contribution < 1.29 is 18.8 Å². The largest absolute Gasteiger partial charge is 0.459 e. The molecule has 6 rings (SSSR count). The van der Waals surface area contributed by atoms with Gasteiger partial charge in [0, 0.05) is 10.6 Å². The number of para-hydroxylation sites is 1. The summed E-state index contributed by atoms with van der Waals surface area (Å²) in [5.74, 6) is -0.516. The van der Waals surface area contributed by atoms with Crippen LogP contribution < -0.4 is 9.96 Å². The average Bonchev–Trinajstić information content (AvgIpc) is 3.56. The number of fused-ring (bicyclic) bond motifs is 1. The lowest BCUT2D eigenvalue weighted by Gasteiger charge is -2.27. The van der Waals surface area contributed by atoms with Crippen LogP contribution in [-0.2, 0) is 14.4 Å². The van der Waals surface area contributed by atoms with Gasteiger partial charge in [-0.15, -0.1) is 0 Å². The number of hydrogen-bond donors (Lipinski definition) is 0. The second-order valence-electron chi connectivity index (χ2n) is 8.83. The summed E-state index contributed by atoms with van der Waals surface area (Å²) >= 11 is 12.5. The van der Waals surface area contributed by atoms with Gasteiger partial charge in [-0.1, -0.05) is 59.1 Å². The van der Waals surface area contributed by atoms with Gasteiger partial charge in [0.1, 0.15) is 23.5 Å². The van der Waals surface area contributed by atoms with E-state index >= 15 is 0 Å². The zero-order chi connectivity index (χ0) is 25.0. The summed E-state index contributed by atoms with van der Waals surface area (Å²) in [5.41, 5.74) is 2.93. The van der Waals surface area contributed by atoms with Crippen molar-refractivity contribution in [1.29, 1.82) is 0 Å². The molecule has 0 saturated carbocycles. The molecular formula is C28H20Cl2N2O4. The maximum atomic E-state index is 13.7. The predicted molar refractivity (Wildman–Crippen MR) is 138 cm³/mol. The molecule has 2 saturated heterocycles. The number of nitrogens with zero attached hydrogens (tertiary/aromatic N) is 2. The van der Waals surface area contributed by atoms with Crippen LogP contribution in [0.5, 0.6) is 0 Å². The summed E-state index contributed by atoms with van der Waals surface area (Å²) in [4.78, 5) is 34.5. The number of rotatable bonds is 4. The van der Waals surface area contributed by atoms with Crippen molar-refractivity contribution in [2.45, 2.75) is 19.1 Å². The molecule has 0 bridgehead atoms. The zero-order valence-electron chi connectivity index (χ0n) is 19.1. The highest BCUT2D eigenvalue weighted by molar-refractivity contribution is 6.36. The minimum Gasteiger partial charge on any atom is -0.459 e. The first-order valence-corrected chi connectivity index (χ1v) is 12.2. The number of benzene rings is 3. The normalized spacial score (nSPS) is 21.4. The Labute approximate surface area is 217 Å². The van der Waals surface area contributed by atoms with E-state index in [1.165, 1.54) is 4.90 Å². The summed E-state index contributed by atoms with van der Waals surface area (Å²) in [6, 6.07) is 24.7. The topological polar surface area (TPSA) is 63.0 Å². The summed E-state index contributed by atoms with van der Waals surface area (Å²) in [6.45, 7) is 1.95. The van der Waals surface area contributed by atoms with E-state index in [0.717, 1.165) is 5.56 Å². The van der Waals surface area contributed by atoms with E-state index in [-0.39, 0.29) is 5.91 Å². The Hall–Kier alpha value is -3.58. The molecule has 180 valence electrons. The average molecular weight is 519 g/mol. The molecule has 0 radical (unpaired) electrons. The number of hydroxylamine groups is 1.